The van der Waals surface area contributed by atoms with Gasteiger partial charge in [-0.05, 0) is 42.7 Å². The zero-order valence-corrected chi connectivity index (χ0v) is 19.3. The summed E-state index contributed by atoms with van der Waals surface area (Å²) in [6.45, 7) is 2.43. The summed E-state index contributed by atoms with van der Waals surface area (Å²) in [6.07, 6.45) is 1.05. The van der Waals surface area contributed by atoms with Gasteiger partial charge in [0, 0.05) is 18.2 Å². The van der Waals surface area contributed by atoms with Crippen molar-refractivity contribution in [2.45, 2.75) is 48.8 Å². The maximum Gasteiger partial charge on any atom is 0.326 e. The van der Waals surface area contributed by atoms with Crippen molar-refractivity contribution >= 4 is 52.7 Å². The quantitative estimate of drug-likeness (QED) is 0.266. The molecule has 8 N–H and O–H groups in total. The Morgan fingerprint density at radius 1 is 1.42 bits per heavy atom. The lowest BCUT2D eigenvalue weighted by Crippen LogP contribution is -2.41. The predicted octanol–water partition coefficient (Wildman–Crippen LogP) is 0.621. The van der Waals surface area contributed by atoms with Crippen molar-refractivity contribution in [1.29, 1.82) is 0 Å². The molecular weight excluding hydrogens is 472 g/mol. The molecule has 0 spiro atoms. The van der Waals surface area contributed by atoms with Gasteiger partial charge in [-0.1, -0.05) is 0 Å². The molecule has 0 bridgehead atoms. The second kappa shape index (κ2) is 10.7. The number of carboxylic acid groups (broad SMARTS) is 1. The van der Waals surface area contributed by atoms with E-state index >= 15 is 0 Å². The molecule has 14 heteroatoms. The van der Waals surface area contributed by atoms with Gasteiger partial charge in [0.2, 0.25) is 5.95 Å². The first-order valence-corrected chi connectivity index (χ1v) is 11.8. The van der Waals surface area contributed by atoms with Gasteiger partial charge < -0.3 is 26.3 Å². The van der Waals surface area contributed by atoms with E-state index in [0.29, 0.717) is 28.6 Å². The largest absolute Gasteiger partial charge is 0.480 e. The molecular formula is C19H24N6O6S2. The average molecular weight is 497 g/mol. The minimum Gasteiger partial charge on any atom is -0.480 e. The summed E-state index contributed by atoms with van der Waals surface area (Å²) in [5, 5.41) is 16.9. The minimum absolute atomic E-state index is 0.0643. The van der Waals surface area contributed by atoms with E-state index in [0.717, 1.165) is 17.5 Å². The van der Waals surface area contributed by atoms with Crippen LogP contribution in [0.2, 0.25) is 0 Å². The van der Waals surface area contributed by atoms with Gasteiger partial charge in [0.25, 0.3) is 11.5 Å². The highest BCUT2D eigenvalue weighted by Gasteiger charge is 2.26. The Hall–Kier alpha value is -3.10. The number of rotatable bonds is 9. The molecule has 0 saturated carbocycles. The fraction of sp³-hybridized carbons (Fsp3) is 0.421. The van der Waals surface area contributed by atoms with Gasteiger partial charge in [-0.25, -0.2) is 4.79 Å². The van der Waals surface area contributed by atoms with Crippen LogP contribution in [-0.2, 0) is 20.8 Å². The van der Waals surface area contributed by atoms with Crippen LogP contribution in [0.15, 0.2) is 15.1 Å². The molecule has 0 aromatic carbocycles. The normalized spacial score (nSPS) is 15.8. The lowest BCUT2D eigenvalue weighted by Gasteiger charge is -2.24. The topological polar surface area (TPSA) is 203 Å². The molecule has 178 valence electrons. The molecule has 3 heterocycles. The van der Waals surface area contributed by atoms with Crippen LogP contribution < -0.4 is 27.8 Å². The summed E-state index contributed by atoms with van der Waals surface area (Å²) in [5.41, 5.74) is 7.03. The number of nitrogens with one attached hydrogen (secondary N) is 3. The molecule has 0 fully saturated rings. The summed E-state index contributed by atoms with van der Waals surface area (Å²) in [4.78, 5) is 58.9. The van der Waals surface area contributed by atoms with E-state index in [-0.39, 0.29) is 29.6 Å². The number of fused-ring (bicyclic) bond motifs is 1. The molecule has 1 aliphatic rings. The Bertz CT molecular complexity index is 1120. The van der Waals surface area contributed by atoms with Crippen LogP contribution in [0.1, 0.15) is 40.1 Å². The molecule has 3 rings (SSSR count). The number of nitrogens with zero attached hydrogens (tertiary/aromatic N) is 1. The third-order valence-corrected chi connectivity index (χ3v) is 7.61. The van der Waals surface area contributed by atoms with Crippen LogP contribution in [0.25, 0.3) is 0 Å². The summed E-state index contributed by atoms with van der Waals surface area (Å²) < 4.78 is 0. The number of thioether (sulfide) groups is 1. The molecule has 0 unspecified atom stereocenters. The molecule has 0 aliphatic carbocycles. The van der Waals surface area contributed by atoms with Crippen molar-refractivity contribution in [3.05, 3.63) is 31.7 Å². The molecule has 12 nitrogen and oxygen atoms in total. The molecule has 0 saturated heterocycles. The third kappa shape index (κ3) is 6.03. The standard InChI is InChI=1S/C19H24N6O6S2/c1-8-9(2-3-10-6-22-15-14(33-10)17(28)25-19(20)24-15)7-32-13(8)16(27)23-11(18(29)30)4-5-12(26)31-21/h7,10-11H,2-6,21H2,1H3,(H,23,27)(H,29,30)(H4,20,22,24,25,28)/t10-,11-/m0/s1. The number of carbonyl (C=O) groups is 3. The van der Waals surface area contributed by atoms with Crippen LogP contribution in [0.5, 0.6) is 0 Å². The Kier molecular flexibility index (Phi) is 7.94. The van der Waals surface area contributed by atoms with Crippen molar-refractivity contribution in [2.24, 2.45) is 5.90 Å². The number of aromatic nitrogens is 2. The number of aliphatic carboxylic acids is 1. The summed E-state index contributed by atoms with van der Waals surface area (Å²) in [5.74, 6) is 2.77. The Labute approximate surface area is 196 Å². The molecule has 33 heavy (non-hydrogen) atoms. The van der Waals surface area contributed by atoms with Crippen molar-refractivity contribution in [3.8, 4) is 0 Å². The summed E-state index contributed by atoms with van der Waals surface area (Å²) in [6, 6.07) is -1.24. The highest BCUT2D eigenvalue weighted by molar-refractivity contribution is 8.00. The van der Waals surface area contributed by atoms with E-state index in [2.05, 4.69) is 25.4 Å². The number of aryl methyl sites for hydroxylation is 1. The van der Waals surface area contributed by atoms with E-state index in [1.165, 1.54) is 23.1 Å². The van der Waals surface area contributed by atoms with Gasteiger partial charge in [-0.2, -0.15) is 10.9 Å². The maximum absolute atomic E-state index is 12.6. The average Bonchev–Trinajstić information content (AvgIpc) is 3.15. The van der Waals surface area contributed by atoms with Crippen LogP contribution in [0.3, 0.4) is 0 Å². The third-order valence-electron chi connectivity index (χ3n) is 5.13. The van der Waals surface area contributed by atoms with Gasteiger partial charge >= 0.3 is 11.9 Å². The van der Waals surface area contributed by atoms with Crippen LogP contribution >= 0.6 is 23.1 Å². The molecule has 2 aromatic heterocycles. The summed E-state index contributed by atoms with van der Waals surface area (Å²) >= 11 is 2.67. The fourth-order valence-electron chi connectivity index (χ4n) is 3.33. The molecule has 1 aliphatic heterocycles. The Balaban J connectivity index is 1.60. The highest BCUT2D eigenvalue weighted by Crippen LogP contribution is 2.34. The number of amides is 1. The van der Waals surface area contributed by atoms with E-state index in [9.17, 15) is 24.3 Å². The van der Waals surface area contributed by atoms with Crippen molar-refractivity contribution in [1.82, 2.24) is 15.3 Å². The van der Waals surface area contributed by atoms with Crippen LogP contribution in [0.4, 0.5) is 11.8 Å². The molecule has 2 aromatic rings. The molecule has 0 radical (unpaired) electrons. The number of H-pyrrole nitrogens is 1. The van der Waals surface area contributed by atoms with Gasteiger partial charge in [0.15, 0.2) is 0 Å². The first-order valence-electron chi connectivity index (χ1n) is 10.00. The molecule has 2 atom stereocenters. The highest BCUT2D eigenvalue weighted by atomic mass is 32.2. The predicted molar refractivity (Wildman–Crippen MR) is 123 cm³/mol. The Morgan fingerprint density at radius 3 is 2.88 bits per heavy atom. The van der Waals surface area contributed by atoms with E-state index in [4.69, 9.17) is 11.6 Å². The second-order valence-electron chi connectivity index (χ2n) is 7.40. The lowest BCUT2D eigenvalue weighted by atomic mass is 10.1. The smallest absolute Gasteiger partial charge is 0.326 e. The first-order chi connectivity index (χ1) is 15.7. The van der Waals surface area contributed by atoms with Crippen LogP contribution in [0, 0.1) is 6.92 Å². The number of hydrogen-bond donors (Lipinski definition) is 6. The number of thiophene rings is 1. The number of hydrogen-bond acceptors (Lipinski definition) is 11. The number of carbonyl (C=O) groups excluding carboxylic acids is 2. The maximum atomic E-state index is 12.6. The lowest BCUT2D eigenvalue weighted by molar-refractivity contribution is -0.145. The van der Waals surface area contributed by atoms with Gasteiger partial charge in [-0.3, -0.25) is 19.4 Å². The first kappa shape index (κ1) is 24.5. The zero-order valence-electron chi connectivity index (χ0n) is 17.7. The number of nitrogens with two attached hydrogens (primary N) is 2. The molecule has 1 amide bonds. The van der Waals surface area contributed by atoms with E-state index in [1.807, 2.05) is 5.38 Å². The van der Waals surface area contributed by atoms with Gasteiger partial charge in [0.05, 0.1) is 4.88 Å². The van der Waals surface area contributed by atoms with Crippen molar-refractivity contribution < 1.29 is 24.3 Å². The SMILES string of the molecule is Cc1c(CC[C@H]2CNc3nc(N)[nH]c(=O)c3S2)csc1C(=O)N[C@@H](CCC(=O)ON)C(=O)O. The minimum atomic E-state index is -1.25. The van der Waals surface area contributed by atoms with E-state index in [1.54, 1.807) is 6.92 Å². The van der Waals surface area contributed by atoms with Crippen molar-refractivity contribution in [3.63, 3.8) is 0 Å². The Morgan fingerprint density at radius 2 is 2.18 bits per heavy atom. The van der Waals surface area contributed by atoms with Crippen molar-refractivity contribution in [2.75, 3.05) is 17.6 Å². The zero-order chi connectivity index (χ0) is 24.1. The number of carboxylic acids is 1. The second-order valence-corrected chi connectivity index (χ2v) is 9.59. The number of anilines is 2. The monoisotopic (exact) mass is 496 g/mol. The van der Waals surface area contributed by atoms with Crippen LogP contribution in [-0.4, -0.2) is 50.8 Å². The summed E-state index contributed by atoms with van der Waals surface area (Å²) in [7, 11) is 0. The number of aromatic amines is 1. The van der Waals surface area contributed by atoms with E-state index < -0.39 is 23.9 Å². The van der Waals surface area contributed by atoms with Gasteiger partial charge in [-0.15, -0.1) is 23.1 Å². The number of nitrogen functional groups attached to an aromatic ring is 1. The van der Waals surface area contributed by atoms with Gasteiger partial charge in [0.1, 0.15) is 16.8 Å². The fourth-order valence-corrected chi connectivity index (χ4v) is 5.48.